The smallest absolute Gasteiger partial charge is 0.303 e. The molecule has 0 heterocycles. The molecule has 0 aliphatic carbocycles. The highest BCUT2D eigenvalue weighted by Gasteiger charge is 2.10. The number of nitrogens with two attached hydrogens (primary N) is 1. The summed E-state index contributed by atoms with van der Waals surface area (Å²) in [5, 5.41) is 8.45. The Morgan fingerprint density at radius 2 is 2.36 bits per heavy atom. The number of carbonyl (C=O) groups is 1. The lowest BCUT2D eigenvalue weighted by Crippen LogP contribution is -2.20. The maximum atomic E-state index is 10.3. The van der Waals surface area contributed by atoms with Gasteiger partial charge in [-0.05, 0) is 24.0 Å². The maximum Gasteiger partial charge on any atom is 0.303 e. The van der Waals surface area contributed by atoms with E-state index in [4.69, 9.17) is 10.8 Å². The van der Waals surface area contributed by atoms with E-state index >= 15 is 0 Å². The van der Waals surface area contributed by atoms with Crippen molar-refractivity contribution in [2.45, 2.75) is 13.3 Å². The van der Waals surface area contributed by atoms with Gasteiger partial charge in [-0.2, -0.15) is 11.8 Å². The van der Waals surface area contributed by atoms with Crippen LogP contribution in [0.5, 0.6) is 0 Å². The molecular formula is C7H15NO2S. The molecule has 0 aromatic heterocycles. The highest BCUT2D eigenvalue weighted by Crippen LogP contribution is 2.10. The van der Waals surface area contributed by atoms with Crippen LogP contribution in [0.25, 0.3) is 0 Å². The van der Waals surface area contributed by atoms with Crippen LogP contribution in [0, 0.1) is 5.92 Å². The number of hydrogen-bond acceptors (Lipinski definition) is 3. The van der Waals surface area contributed by atoms with E-state index in [1.54, 1.807) is 11.8 Å². The molecule has 3 N–H and O–H groups in total. The average Bonchev–Trinajstić information content (AvgIpc) is 1.97. The molecule has 0 spiro atoms. The van der Waals surface area contributed by atoms with Crippen molar-refractivity contribution in [1.82, 2.24) is 0 Å². The number of hydrogen-bond donors (Lipinski definition) is 2. The molecular weight excluding hydrogens is 162 g/mol. The first-order chi connectivity index (χ1) is 5.20. The predicted molar refractivity (Wildman–Crippen MR) is 47.8 cm³/mol. The highest BCUT2D eigenvalue weighted by atomic mass is 32.2. The third-order valence-corrected chi connectivity index (χ3v) is 2.47. The van der Waals surface area contributed by atoms with E-state index in [9.17, 15) is 4.79 Å². The van der Waals surface area contributed by atoms with Gasteiger partial charge in [0.2, 0.25) is 0 Å². The van der Waals surface area contributed by atoms with Crippen molar-refractivity contribution in [2.75, 3.05) is 18.1 Å². The molecule has 0 bridgehead atoms. The van der Waals surface area contributed by atoms with Gasteiger partial charge in [0.05, 0.1) is 6.42 Å². The first kappa shape index (κ1) is 10.8. The van der Waals surface area contributed by atoms with Crippen molar-refractivity contribution in [3.8, 4) is 0 Å². The lowest BCUT2D eigenvalue weighted by Gasteiger charge is -2.09. The molecule has 0 rings (SSSR count). The second-order valence-electron chi connectivity index (χ2n) is 2.36. The van der Waals surface area contributed by atoms with E-state index in [-0.39, 0.29) is 12.3 Å². The second-order valence-corrected chi connectivity index (χ2v) is 3.68. The fourth-order valence-corrected chi connectivity index (χ4v) is 1.56. The lowest BCUT2D eigenvalue weighted by atomic mass is 10.1. The van der Waals surface area contributed by atoms with Crippen LogP contribution in [0.15, 0.2) is 0 Å². The van der Waals surface area contributed by atoms with Gasteiger partial charge in [0, 0.05) is 0 Å². The first-order valence-corrected chi connectivity index (χ1v) is 4.85. The van der Waals surface area contributed by atoms with Gasteiger partial charge in [0.15, 0.2) is 0 Å². The molecule has 1 unspecified atom stereocenters. The van der Waals surface area contributed by atoms with E-state index in [0.29, 0.717) is 6.54 Å². The molecule has 0 amide bonds. The van der Waals surface area contributed by atoms with Crippen molar-refractivity contribution in [3.63, 3.8) is 0 Å². The van der Waals surface area contributed by atoms with Crippen LogP contribution in [0.1, 0.15) is 13.3 Å². The molecule has 4 heteroatoms. The molecule has 11 heavy (non-hydrogen) atoms. The van der Waals surface area contributed by atoms with Gasteiger partial charge in [0.1, 0.15) is 0 Å². The van der Waals surface area contributed by atoms with E-state index in [1.165, 1.54) is 0 Å². The molecule has 0 saturated heterocycles. The Morgan fingerprint density at radius 1 is 1.73 bits per heavy atom. The molecule has 0 radical (unpaired) electrons. The summed E-state index contributed by atoms with van der Waals surface area (Å²) in [6, 6.07) is 0. The number of thioether (sulfide) groups is 1. The van der Waals surface area contributed by atoms with E-state index in [0.717, 1.165) is 11.5 Å². The minimum absolute atomic E-state index is 0.137. The van der Waals surface area contributed by atoms with Crippen molar-refractivity contribution >= 4 is 17.7 Å². The Labute approximate surface area is 71.3 Å². The summed E-state index contributed by atoms with van der Waals surface area (Å²) < 4.78 is 0. The molecule has 0 aromatic carbocycles. The van der Waals surface area contributed by atoms with Crippen LogP contribution in [0.3, 0.4) is 0 Å². The summed E-state index contributed by atoms with van der Waals surface area (Å²) in [6.45, 7) is 2.53. The first-order valence-electron chi connectivity index (χ1n) is 3.70. The number of aliphatic carboxylic acids is 1. The van der Waals surface area contributed by atoms with Crippen molar-refractivity contribution in [1.29, 1.82) is 0 Å². The van der Waals surface area contributed by atoms with Gasteiger partial charge >= 0.3 is 5.97 Å². The number of carboxylic acids is 1. The zero-order chi connectivity index (χ0) is 8.69. The normalized spacial score (nSPS) is 12.9. The van der Waals surface area contributed by atoms with Gasteiger partial charge < -0.3 is 10.8 Å². The Morgan fingerprint density at radius 3 is 2.73 bits per heavy atom. The van der Waals surface area contributed by atoms with Gasteiger partial charge in [-0.3, -0.25) is 4.79 Å². The minimum atomic E-state index is -0.753. The Balaban J connectivity index is 3.49. The summed E-state index contributed by atoms with van der Waals surface area (Å²) >= 11 is 1.74. The molecule has 0 saturated carbocycles. The van der Waals surface area contributed by atoms with Crippen LogP contribution < -0.4 is 5.73 Å². The Kier molecular flexibility index (Phi) is 6.36. The van der Waals surface area contributed by atoms with Crippen molar-refractivity contribution < 1.29 is 9.90 Å². The fourth-order valence-electron chi connectivity index (χ4n) is 0.742. The SMILES string of the molecule is CCSCC(CN)CC(=O)O. The van der Waals surface area contributed by atoms with E-state index in [2.05, 4.69) is 6.92 Å². The topological polar surface area (TPSA) is 63.3 Å². The molecule has 0 aromatic rings. The van der Waals surface area contributed by atoms with Crippen LogP contribution in [-0.2, 0) is 4.79 Å². The van der Waals surface area contributed by atoms with Gasteiger partial charge in [-0.25, -0.2) is 0 Å². The molecule has 66 valence electrons. The van der Waals surface area contributed by atoms with Gasteiger partial charge in [0.25, 0.3) is 0 Å². The average molecular weight is 177 g/mol. The monoisotopic (exact) mass is 177 g/mol. The largest absolute Gasteiger partial charge is 0.481 e. The molecule has 1 atom stereocenters. The Bertz CT molecular complexity index is 119. The van der Waals surface area contributed by atoms with E-state index < -0.39 is 5.97 Å². The van der Waals surface area contributed by atoms with Crippen molar-refractivity contribution in [3.05, 3.63) is 0 Å². The van der Waals surface area contributed by atoms with Crippen molar-refractivity contribution in [2.24, 2.45) is 11.7 Å². The van der Waals surface area contributed by atoms with Gasteiger partial charge in [-0.1, -0.05) is 6.92 Å². The minimum Gasteiger partial charge on any atom is -0.481 e. The van der Waals surface area contributed by atoms with Crippen LogP contribution in [-0.4, -0.2) is 29.1 Å². The zero-order valence-corrected chi connectivity index (χ0v) is 7.56. The highest BCUT2D eigenvalue weighted by molar-refractivity contribution is 7.99. The second kappa shape index (κ2) is 6.49. The molecule has 0 fully saturated rings. The summed E-state index contributed by atoms with van der Waals surface area (Å²) in [4.78, 5) is 10.3. The molecule has 0 aliphatic rings. The van der Waals surface area contributed by atoms with Crippen LogP contribution >= 0.6 is 11.8 Å². The summed E-state index contributed by atoms with van der Waals surface area (Å²) in [6.07, 6.45) is 0.198. The van der Waals surface area contributed by atoms with E-state index in [1.807, 2.05) is 0 Å². The third kappa shape index (κ3) is 6.19. The summed E-state index contributed by atoms with van der Waals surface area (Å²) in [7, 11) is 0. The number of rotatable bonds is 6. The van der Waals surface area contributed by atoms with Gasteiger partial charge in [-0.15, -0.1) is 0 Å². The maximum absolute atomic E-state index is 10.3. The molecule has 3 nitrogen and oxygen atoms in total. The predicted octanol–water partition coefficient (Wildman–Crippen LogP) is 0.789. The van der Waals surface area contributed by atoms with Crippen LogP contribution in [0.2, 0.25) is 0 Å². The standard InChI is InChI=1S/C7H15NO2S/c1-2-11-5-6(4-8)3-7(9)10/h6H,2-5,8H2,1H3,(H,9,10). The summed E-state index contributed by atoms with van der Waals surface area (Å²) in [5.74, 6) is 1.27. The quantitative estimate of drug-likeness (QED) is 0.629. The zero-order valence-electron chi connectivity index (χ0n) is 6.75. The lowest BCUT2D eigenvalue weighted by molar-refractivity contribution is -0.137. The summed E-state index contributed by atoms with van der Waals surface area (Å²) in [5.41, 5.74) is 5.39. The third-order valence-electron chi connectivity index (χ3n) is 1.35. The fraction of sp³-hybridized carbons (Fsp3) is 0.857. The number of carboxylic acid groups (broad SMARTS) is 1. The van der Waals surface area contributed by atoms with Crippen LogP contribution in [0.4, 0.5) is 0 Å². The Hall–Kier alpha value is -0.220. The molecule has 0 aliphatic heterocycles.